The van der Waals surface area contributed by atoms with Crippen molar-refractivity contribution in [1.29, 1.82) is 0 Å². The lowest BCUT2D eigenvalue weighted by Gasteiger charge is -2.30. The number of fused-ring (bicyclic) bond motifs is 1. The van der Waals surface area contributed by atoms with Crippen molar-refractivity contribution < 1.29 is 19.1 Å². The van der Waals surface area contributed by atoms with Crippen molar-refractivity contribution in [1.82, 2.24) is 10.2 Å². The zero-order valence-electron chi connectivity index (χ0n) is 12.4. The molecule has 1 aromatic carbocycles. The molecule has 118 valence electrons. The fraction of sp³-hybridized carbons (Fsp3) is 0.467. The molecule has 2 aliphatic rings. The van der Waals surface area contributed by atoms with Crippen LogP contribution in [0, 0.1) is 5.92 Å². The van der Waals surface area contributed by atoms with Gasteiger partial charge in [0.2, 0.25) is 12.7 Å². The van der Waals surface area contributed by atoms with Crippen LogP contribution < -0.4 is 20.1 Å². The van der Waals surface area contributed by atoms with Crippen molar-refractivity contribution in [3.8, 4) is 11.5 Å². The number of hydrogen-bond acceptors (Lipinski definition) is 4. The molecule has 0 atom stereocenters. The number of nitrogens with one attached hydrogen (secondary N) is 2. The molecule has 0 unspecified atom stereocenters. The Balaban J connectivity index is 1.56. The van der Waals surface area contributed by atoms with Gasteiger partial charge in [-0.25, -0.2) is 4.79 Å². The Morgan fingerprint density at radius 1 is 1.18 bits per heavy atom. The molecule has 0 saturated carbocycles. The van der Waals surface area contributed by atoms with Gasteiger partial charge in [-0.05, 0) is 25.0 Å². The molecular weight excluding hydrogens is 286 g/mol. The van der Waals surface area contributed by atoms with Crippen LogP contribution in [-0.2, 0) is 4.79 Å². The molecule has 0 aliphatic carbocycles. The first-order valence-corrected chi connectivity index (χ1v) is 7.34. The second-order valence-corrected chi connectivity index (χ2v) is 5.37. The summed E-state index contributed by atoms with van der Waals surface area (Å²) in [7, 11) is 1.61. The molecule has 22 heavy (non-hydrogen) atoms. The lowest BCUT2D eigenvalue weighted by Crippen LogP contribution is -2.45. The number of likely N-dealkylation sites (tertiary alicyclic amines) is 1. The van der Waals surface area contributed by atoms with Gasteiger partial charge in [-0.15, -0.1) is 0 Å². The number of urea groups is 1. The predicted octanol–water partition coefficient (Wildman–Crippen LogP) is 1.41. The van der Waals surface area contributed by atoms with Crippen LogP contribution in [-0.4, -0.2) is 43.8 Å². The van der Waals surface area contributed by atoms with E-state index in [1.165, 1.54) is 0 Å². The predicted molar refractivity (Wildman–Crippen MR) is 79.9 cm³/mol. The Hall–Kier alpha value is -2.44. The highest BCUT2D eigenvalue weighted by atomic mass is 16.7. The van der Waals surface area contributed by atoms with Crippen LogP contribution >= 0.6 is 0 Å². The van der Waals surface area contributed by atoms with E-state index in [1.807, 2.05) is 0 Å². The number of carbonyl (C=O) groups is 2. The molecule has 0 aromatic heterocycles. The number of nitrogens with zero attached hydrogens (tertiary/aromatic N) is 1. The fourth-order valence-electron chi connectivity index (χ4n) is 2.72. The number of ether oxygens (including phenoxy) is 2. The van der Waals surface area contributed by atoms with E-state index in [4.69, 9.17) is 9.47 Å². The summed E-state index contributed by atoms with van der Waals surface area (Å²) in [6.07, 6.45) is 1.34. The largest absolute Gasteiger partial charge is 0.454 e. The second kappa shape index (κ2) is 6.13. The van der Waals surface area contributed by atoms with Crippen molar-refractivity contribution in [2.75, 3.05) is 32.2 Å². The first-order valence-electron chi connectivity index (χ1n) is 7.34. The maximum absolute atomic E-state index is 12.3. The first-order chi connectivity index (χ1) is 10.7. The third-order valence-corrected chi connectivity index (χ3v) is 4.01. The highest BCUT2D eigenvalue weighted by Gasteiger charge is 2.27. The number of piperidine rings is 1. The van der Waals surface area contributed by atoms with E-state index in [2.05, 4.69) is 10.6 Å². The highest BCUT2D eigenvalue weighted by molar-refractivity contribution is 5.93. The summed E-state index contributed by atoms with van der Waals surface area (Å²) in [5.74, 6) is 1.24. The Kier molecular flexibility index (Phi) is 4.04. The molecule has 1 aromatic rings. The van der Waals surface area contributed by atoms with Crippen LogP contribution in [0.3, 0.4) is 0 Å². The SMILES string of the molecule is CNC(=O)N1CCC(C(=O)Nc2ccc3c(c2)OCO3)CC1. The van der Waals surface area contributed by atoms with E-state index in [0.29, 0.717) is 43.1 Å². The lowest BCUT2D eigenvalue weighted by molar-refractivity contribution is -0.121. The van der Waals surface area contributed by atoms with Gasteiger partial charge in [-0.2, -0.15) is 0 Å². The molecule has 3 rings (SSSR count). The van der Waals surface area contributed by atoms with Crippen LogP contribution in [0.5, 0.6) is 11.5 Å². The maximum Gasteiger partial charge on any atom is 0.317 e. The van der Waals surface area contributed by atoms with Crippen molar-refractivity contribution in [3.05, 3.63) is 18.2 Å². The summed E-state index contributed by atoms with van der Waals surface area (Å²) < 4.78 is 10.5. The summed E-state index contributed by atoms with van der Waals surface area (Å²) in [5, 5.41) is 5.51. The van der Waals surface area contributed by atoms with E-state index in [9.17, 15) is 9.59 Å². The van der Waals surface area contributed by atoms with Crippen LogP contribution in [0.15, 0.2) is 18.2 Å². The Morgan fingerprint density at radius 2 is 1.91 bits per heavy atom. The second-order valence-electron chi connectivity index (χ2n) is 5.37. The van der Waals surface area contributed by atoms with E-state index in [0.717, 1.165) is 0 Å². The average molecular weight is 305 g/mol. The first kappa shape index (κ1) is 14.5. The molecule has 2 aliphatic heterocycles. The van der Waals surface area contributed by atoms with Crippen molar-refractivity contribution in [3.63, 3.8) is 0 Å². The number of carbonyl (C=O) groups excluding carboxylic acids is 2. The molecule has 0 spiro atoms. The number of amides is 3. The molecule has 0 radical (unpaired) electrons. The van der Waals surface area contributed by atoms with E-state index in [1.54, 1.807) is 30.1 Å². The van der Waals surface area contributed by atoms with Gasteiger partial charge in [0, 0.05) is 37.8 Å². The minimum absolute atomic E-state index is 0.0181. The van der Waals surface area contributed by atoms with Crippen LogP contribution in [0.1, 0.15) is 12.8 Å². The molecule has 1 fully saturated rings. The molecule has 7 heteroatoms. The van der Waals surface area contributed by atoms with Gasteiger partial charge in [0.05, 0.1) is 0 Å². The normalized spacial score (nSPS) is 17.2. The van der Waals surface area contributed by atoms with E-state index >= 15 is 0 Å². The molecule has 3 amide bonds. The molecule has 0 bridgehead atoms. The van der Waals surface area contributed by atoms with Crippen LogP contribution in [0.4, 0.5) is 10.5 Å². The van der Waals surface area contributed by atoms with Gasteiger partial charge in [0.15, 0.2) is 11.5 Å². The molecule has 2 N–H and O–H groups in total. The van der Waals surface area contributed by atoms with Crippen LogP contribution in [0.2, 0.25) is 0 Å². The van der Waals surface area contributed by atoms with Gasteiger partial charge in [-0.1, -0.05) is 0 Å². The lowest BCUT2D eigenvalue weighted by atomic mass is 9.96. The number of hydrogen-bond donors (Lipinski definition) is 2. The quantitative estimate of drug-likeness (QED) is 0.865. The summed E-state index contributed by atoms with van der Waals surface area (Å²) in [6, 6.07) is 5.26. The standard InChI is InChI=1S/C15H19N3O4/c1-16-15(20)18-6-4-10(5-7-18)14(19)17-11-2-3-12-13(8-11)22-9-21-12/h2-3,8,10H,4-7,9H2,1H3,(H,16,20)(H,17,19). The molecule has 7 nitrogen and oxygen atoms in total. The Bertz CT molecular complexity index is 582. The maximum atomic E-state index is 12.3. The van der Waals surface area contributed by atoms with Gasteiger partial charge in [-0.3, -0.25) is 4.79 Å². The van der Waals surface area contributed by atoms with Gasteiger partial charge in [0.25, 0.3) is 0 Å². The van der Waals surface area contributed by atoms with Crippen molar-refractivity contribution in [2.24, 2.45) is 5.92 Å². The number of rotatable bonds is 2. The topological polar surface area (TPSA) is 79.9 Å². The Labute approximate surface area is 128 Å². The Morgan fingerprint density at radius 3 is 2.64 bits per heavy atom. The summed E-state index contributed by atoms with van der Waals surface area (Å²) in [5.41, 5.74) is 0.697. The summed E-state index contributed by atoms with van der Waals surface area (Å²) >= 11 is 0. The smallest absolute Gasteiger partial charge is 0.317 e. The zero-order chi connectivity index (χ0) is 15.5. The number of benzene rings is 1. The van der Waals surface area contributed by atoms with Gasteiger partial charge >= 0.3 is 6.03 Å². The third kappa shape index (κ3) is 2.93. The monoisotopic (exact) mass is 305 g/mol. The minimum atomic E-state index is -0.0883. The zero-order valence-corrected chi connectivity index (χ0v) is 12.4. The average Bonchev–Trinajstić information content (AvgIpc) is 3.02. The molecule has 1 saturated heterocycles. The third-order valence-electron chi connectivity index (χ3n) is 4.01. The fourth-order valence-corrected chi connectivity index (χ4v) is 2.72. The van der Waals surface area contributed by atoms with Gasteiger partial charge < -0.3 is 25.0 Å². The summed E-state index contributed by atoms with van der Waals surface area (Å²) in [4.78, 5) is 25.6. The molecule has 2 heterocycles. The van der Waals surface area contributed by atoms with Gasteiger partial charge in [0.1, 0.15) is 0 Å². The molecular formula is C15H19N3O4. The van der Waals surface area contributed by atoms with Crippen molar-refractivity contribution in [2.45, 2.75) is 12.8 Å². The van der Waals surface area contributed by atoms with E-state index < -0.39 is 0 Å². The van der Waals surface area contributed by atoms with Crippen LogP contribution in [0.25, 0.3) is 0 Å². The summed E-state index contributed by atoms with van der Waals surface area (Å²) in [6.45, 7) is 1.41. The van der Waals surface area contributed by atoms with E-state index in [-0.39, 0.29) is 24.6 Å². The number of anilines is 1. The van der Waals surface area contributed by atoms with Crippen molar-refractivity contribution >= 4 is 17.6 Å². The minimum Gasteiger partial charge on any atom is -0.454 e. The highest BCUT2D eigenvalue weighted by Crippen LogP contribution is 2.34.